The molecule has 3 aromatic carbocycles. The Hall–Kier alpha value is -4.57. The van der Waals surface area contributed by atoms with Gasteiger partial charge >= 0.3 is 0 Å². The lowest BCUT2D eigenvalue weighted by atomic mass is 10.0. The third-order valence-electron chi connectivity index (χ3n) is 5.36. The Labute approximate surface area is 204 Å². The van der Waals surface area contributed by atoms with Gasteiger partial charge in [-0.3, -0.25) is 19.5 Å². The molecule has 0 aliphatic heterocycles. The first-order valence-corrected chi connectivity index (χ1v) is 12.1. The van der Waals surface area contributed by atoms with Crippen LogP contribution in [0, 0.1) is 11.6 Å². The zero-order valence-corrected chi connectivity index (χ0v) is 19.2. The van der Waals surface area contributed by atoms with Crippen molar-refractivity contribution in [3.63, 3.8) is 0 Å². The minimum absolute atomic E-state index is 0.143. The van der Waals surface area contributed by atoms with Crippen molar-refractivity contribution >= 4 is 32.5 Å². The molecule has 0 bridgehead atoms. The number of sulfonamides is 1. The molecule has 0 aliphatic rings. The predicted octanol–water partition coefficient (Wildman–Crippen LogP) is 5.00. The highest BCUT2D eigenvalue weighted by Crippen LogP contribution is 2.25. The smallest absolute Gasteiger partial charge is 0.262 e. The van der Waals surface area contributed by atoms with Gasteiger partial charge in [-0.15, -0.1) is 0 Å². The van der Waals surface area contributed by atoms with Crippen LogP contribution in [0.15, 0.2) is 96.3 Å². The summed E-state index contributed by atoms with van der Waals surface area (Å²) in [4.78, 5) is 25.8. The number of aromatic nitrogens is 3. The van der Waals surface area contributed by atoms with E-state index < -0.39 is 33.1 Å². The monoisotopic (exact) mass is 502 g/mol. The second-order valence-corrected chi connectivity index (χ2v) is 9.44. The van der Waals surface area contributed by atoms with Crippen molar-refractivity contribution in [3.05, 3.63) is 114 Å². The number of hydrogen-bond acceptors (Lipinski definition) is 6. The number of nitrogens with one attached hydrogen (secondary N) is 1. The summed E-state index contributed by atoms with van der Waals surface area (Å²) in [5, 5.41) is 0. The molecule has 5 rings (SSSR count). The molecule has 0 aliphatic carbocycles. The third kappa shape index (κ3) is 4.53. The maximum Gasteiger partial charge on any atom is 0.262 e. The van der Waals surface area contributed by atoms with E-state index in [1.54, 1.807) is 30.7 Å². The fourth-order valence-electron chi connectivity index (χ4n) is 3.59. The van der Waals surface area contributed by atoms with Crippen molar-refractivity contribution in [1.82, 2.24) is 15.0 Å². The highest BCUT2D eigenvalue weighted by atomic mass is 32.2. The van der Waals surface area contributed by atoms with E-state index in [0.717, 1.165) is 17.7 Å². The number of carbonyl (C=O) groups excluding carboxylic acids is 1. The molecule has 0 fully saturated rings. The number of halogens is 2. The second kappa shape index (κ2) is 9.23. The molecule has 2 aromatic heterocycles. The minimum atomic E-state index is -4.29. The van der Waals surface area contributed by atoms with Gasteiger partial charge in [-0.2, -0.15) is 0 Å². The van der Waals surface area contributed by atoms with E-state index in [4.69, 9.17) is 0 Å². The average Bonchev–Trinajstić information content (AvgIpc) is 2.89. The molecular weight excluding hydrogens is 486 g/mol. The maximum atomic E-state index is 15.3. The molecule has 0 saturated heterocycles. The molecule has 0 atom stereocenters. The quantitative estimate of drug-likeness (QED) is 0.328. The van der Waals surface area contributed by atoms with Crippen molar-refractivity contribution in [2.24, 2.45) is 0 Å². The predicted molar refractivity (Wildman–Crippen MR) is 130 cm³/mol. The standard InChI is InChI=1S/C26H16F2N4O3S/c27-18-5-1-6-19(13-18)36(34,35)32-22-8-2-7-20(25(22)28)26(33)16-9-10-21-23(12-16)31-24(15-30-21)17-4-3-11-29-14-17/h1-15,32H. The van der Waals surface area contributed by atoms with Gasteiger partial charge in [0.25, 0.3) is 10.0 Å². The second-order valence-electron chi connectivity index (χ2n) is 7.76. The molecule has 178 valence electrons. The molecule has 2 heterocycles. The first-order valence-electron chi connectivity index (χ1n) is 10.6. The van der Waals surface area contributed by atoms with E-state index in [1.807, 2.05) is 6.07 Å². The van der Waals surface area contributed by atoms with E-state index in [0.29, 0.717) is 16.7 Å². The molecule has 0 saturated carbocycles. The molecule has 0 amide bonds. The Morgan fingerprint density at radius 3 is 2.47 bits per heavy atom. The number of hydrogen-bond donors (Lipinski definition) is 1. The van der Waals surface area contributed by atoms with Gasteiger partial charge in [0.05, 0.1) is 39.1 Å². The Balaban J connectivity index is 1.48. The van der Waals surface area contributed by atoms with E-state index in [2.05, 4.69) is 19.7 Å². The summed E-state index contributed by atoms with van der Waals surface area (Å²) >= 11 is 0. The van der Waals surface area contributed by atoms with Crippen molar-refractivity contribution in [1.29, 1.82) is 0 Å². The maximum absolute atomic E-state index is 15.3. The Morgan fingerprint density at radius 1 is 0.861 bits per heavy atom. The summed E-state index contributed by atoms with van der Waals surface area (Å²) < 4.78 is 56.0. The Bertz CT molecular complexity index is 1730. The summed E-state index contributed by atoms with van der Waals surface area (Å²) in [5.41, 5.74) is 1.62. The van der Waals surface area contributed by atoms with Gasteiger partial charge in [0.1, 0.15) is 5.82 Å². The van der Waals surface area contributed by atoms with Crippen LogP contribution in [0.4, 0.5) is 14.5 Å². The number of nitrogens with zero attached hydrogens (tertiary/aromatic N) is 3. The van der Waals surface area contributed by atoms with Crippen molar-refractivity contribution in [2.75, 3.05) is 4.72 Å². The van der Waals surface area contributed by atoms with Crippen molar-refractivity contribution in [3.8, 4) is 11.3 Å². The SMILES string of the molecule is O=C(c1ccc2ncc(-c3cccnc3)nc2c1)c1cccc(NS(=O)(=O)c2cccc(F)c2)c1F. The van der Waals surface area contributed by atoms with Crippen LogP contribution in [0.1, 0.15) is 15.9 Å². The average molecular weight is 503 g/mol. The largest absolute Gasteiger partial charge is 0.288 e. The van der Waals surface area contributed by atoms with Crippen LogP contribution in [-0.4, -0.2) is 29.2 Å². The van der Waals surface area contributed by atoms with Crippen LogP contribution in [-0.2, 0) is 10.0 Å². The van der Waals surface area contributed by atoms with Gasteiger partial charge in [-0.1, -0.05) is 12.1 Å². The third-order valence-corrected chi connectivity index (χ3v) is 6.72. The summed E-state index contributed by atoms with van der Waals surface area (Å²) in [6, 6.07) is 16.2. The summed E-state index contributed by atoms with van der Waals surface area (Å²) in [6.07, 6.45) is 4.86. The number of anilines is 1. The number of fused-ring (bicyclic) bond motifs is 1. The highest BCUT2D eigenvalue weighted by Gasteiger charge is 2.22. The van der Waals surface area contributed by atoms with Crippen molar-refractivity contribution < 1.29 is 22.0 Å². The molecule has 5 aromatic rings. The van der Waals surface area contributed by atoms with E-state index in [9.17, 15) is 17.6 Å². The van der Waals surface area contributed by atoms with Gasteiger partial charge in [0, 0.05) is 23.5 Å². The normalized spacial score (nSPS) is 11.4. The van der Waals surface area contributed by atoms with Gasteiger partial charge in [-0.25, -0.2) is 22.2 Å². The fourth-order valence-corrected chi connectivity index (χ4v) is 4.68. The fraction of sp³-hybridized carbons (Fsp3) is 0. The number of carbonyl (C=O) groups is 1. The van der Waals surface area contributed by atoms with Gasteiger partial charge in [0.15, 0.2) is 11.6 Å². The van der Waals surface area contributed by atoms with Crippen LogP contribution in [0.3, 0.4) is 0 Å². The first kappa shape index (κ1) is 23.2. The highest BCUT2D eigenvalue weighted by molar-refractivity contribution is 7.92. The van der Waals surface area contributed by atoms with Crippen LogP contribution < -0.4 is 4.72 Å². The Morgan fingerprint density at radius 2 is 1.69 bits per heavy atom. The Kier molecular flexibility index (Phi) is 5.95. The lowest BCUT2D eigenvalue weighted by Crippen LogP contribution is -2.15. The summed E-state index contributed by atoms with van der Waals surface area (Å²) in [5.74, 6) is -2.49. The van der Waals surface area contributed by atoms with Crippen molar-refractivity contribution in [2.45, 2.75) is 4.90 Å². The summed E-state index contributed by atoms with van der Waals surface area (Å²) in [7, 11) is -4.29. The van der Waals surface area contributed by atoms with Gasteiger partial charge in [-0.05, 0) is 60.7 Å². The first-order chi connectivity index (χ1) is 17.3. The molecule has 10 heteroatoms. The zero-order chi connectivity index (χ0) is 25.3. The number of ketones is 1. The zero-order valence-electron chi connectivity index (χ0n) is 18.4. The van der Waals surface area contributed by atoms with Gasteiger partial charge < -0.3 is 0 Å². The van der Waals surface area contributed by atoms with Crippen LogP contribution in [0.25, 0.3) is 22.3 Å². The van der Waals surface area contributed by atoms with E-state index in [1.165, 1.54) is 42.5 Å². The van der Waals surface area contributed by atoms with E-state index in [-0.39, 0.29) is 16.0 Å². The van der Waals surface area contributed by atoms with Crippen LogP contribution in [0.2, 0.25) is 0 Å². The van der Waals surface area contributed by atoms with Crippen LogP contribution >= 0.6 is 0 Å². The topological polar surface area (TPSA) is 102 Å². The molecule has 1 N–H and O–H groups in total. The number of rotatable bonds is 6. The lowest BCUT2D eigenvalue weighted by molar-refractivity contribution is 0.103. The molecule has 36 heavy (non-hydrogen) atoms. The minimum Gasteiger partial charge on any atom is -0.288 e. The molecule has 0 radical (unpaired) electrons. The van der Waals surface area contributed by atoms with Crippen LogP contribution in [0.5, 0.6) is 0 Å². The van der Waals surface area contributed by atoms with E-state index >= 15 is 4.39 Å². The molecular formula is C26H16F2N4O3S. The lowest BCUT2D eigenvalue weighted by Gasteiger charge is -2.11. The molecule has 7 nitrogen and oxygen atoms in total. The number of benzene rings is 3. The molecule has 0 spiro atoms. The number of pyridine rings is 1. The molecule has 0 unspecified atom stereocenters. The van der Waals surface area contributed by atoms with Gasteiger partial charge in [0.2, 0.25) is 0 Å². The summed E-state index contributed by atoms with van der Waals surface area (Å²) in [6.45, 7) is 0.